The Morgan fingerprint density at radius 3 is 2.56 bits per heavy atom. The molecule has 0 spiro atoms. The van der Waals surface area contributed by atoms with E-state index in [0.717, 1.165) is 18.5 Å². The van der Waals surface area contributed by atoms with E-state index in [1.54, 1.807) is 19.1 Å². The quantitative estimate of drug-likeness (QED) is 0.515. The number of carbonyl (C=O) groups is 2. The number of ether oxygens (including phenoxy) is 1. The van der Waals surface area contributed by atoms with Crippen molar-refractivity contribution in [3.8, 4) is 0 Å². The molecule has 1 aliphatic heterocycles. The lowest BCUT2D eigenvalue weighted by Crippen LogP contribution is -2.34. The highest BCUT2D eigenvalue weighted by atomic mass is 16.6. The fourth-order valence-corrected chi connectivity index (χ4v) is 3.49. The number of hydrogen-bond acceptors (Lipinski definition) is 6. The molecule has 7 heteroatoms. The Kier molecular flexibility index (Phi) is 4.39. The molecule has 1 aromatic carbocycles. The molecule has 1 atom stereocenters. The van der Waals surface area contributed by atoms with Crippen LogP contribution in [0.4, 0.5) is 5.69 Å². The first kappa shape index (κ1) is 16.9. The second-order valence-corrected chi connectivity index (χ2v) is 6.11. The predicted molar refractivity (Wildman–Crippen MR) is 89.6 cm³/mol. The number of esters is 1. The van der Waals surface area contributed by atoms with E-state index in [1.807, 2.05) is 0 Å². The standard InChI is InChI=1S/C18H18N2O5/c1-10-15(18(22)25-2)16(11-6-8-12(9-7-11)20(23)24)17-13(19-10)4-3-5-14(17)21/h6-9,16,19H,3-5H2,1-2H3. The molecular formula is C18H18N2O5. The fourth-order valence-electron chi connectivity index (χ4n) is 3.49. The largest absolute Gasteiger partial charge is 0.466 e. The summed E-state index contributed by atoms with van der Waals surface area (Å²) < 4.78 is 4.91. The number of nitro groups is 1. The van der Waals surface area contributed by atoms with Crippen LogP contribution in [0.1, 0.15) is 37.7 Å². The molecule has 0 saturated carbocycles. The van der Waals surface area contributed by atoms with Gasteiger partial charge in [-0.3, -0.25) is 14.9 Å². The monoisotopic (exact) mass is 342 g/mol. The summed E-state index contributed by atoms with van der Waals surface area (Å²) in [4.78, 5) is 35.3. The maximum Gasteiger partial charge on any atom is 0.336 e. The highest BCUT2D eigenvalue weighted by molar-refractivity contribution is 6.03. The van der Waals surface area contributed by atoms with Crippen LogP contribution in [0.25, 0.3) is 0 Å². The minimum atomic E-state index is -0.572. The number of hydrogen-bond donors (Lipinski definition) is 1. The number of nitrogens with zero attached hydrogens (tertiary/aromatic N) is 1. The van der Waals surface area contributed by atoms with Crippen molar-refractivity contribution >= 4 is 17.4 Å². The summed E-state index contributed by atoms with van der Waals surface area (Å²) in [6.07, 6.45) is 1.92. The molecule has 1 aromatic rings. The number of nitro benzene ring substituents is 1. The molecule has 1 unspecified atom stereocenters. The van der Waals surface area contributed by atoms with Crippen LogP contribution < -0.4 is 5.32 Å². The number of benzene rings is 1. The maximum absolute atomic E-state index is 12.6. The summed E-state index contributed by atoms with van der Waals surface area (Å²) in [5.74, 6) is -1.10. The van der Waals surface area contributed by atoms with Gasteiger partial charge in [0.25, 0.3) is 5.69 Å². The normalized spacial score (nSPS) is 20.1. The van der Waals surface area contributed by atoms with E-state index >= 15 is 0 Å². The number of ketones is 1. The summed E-state index contributed by atoms with van der Waals surface area (Å²) in [5.41, 5.74) is 3.02. The van der Waals surface area contributed by atoms with Crippen molar-refractivity contribution in [1.29, 1.82) is 0 Å². The number of Topliss-reactive ketones (excluding diaryl/α,β-unsaturated/α-hetero) is 1. The van der Waals surface area contributed by atoms with Gasteiger partial charge in [-0.25, -0.2) is 4.79 Å². The SMILES string of the molecule is COC(=O)C1=C(C)NC2=C(C(=O)CCC2)C1c1ccc([N+](=O)[O-])cc1. The van der Waals surface area contributed by atoms with Crippen molar-refractivity contribution in [3.05, 3.63) is 62.5 Å². The van der Waals surface area contributed by atoms with Gasteiger partial charge in [0.05, 0.1) is 17.6 Å². The highest BCUT2D eigenvalue weighted by Crippen LogP contribution is 2.42. The second-order valence-electron chi connectivity index (χ2n) is 6.11. The number of rotatable bonds is 3. The average Bonchev–Trinajstić information content (AvgIpc) is 2.60. The summed E-state index contributed by atoms with van der Waals surface area (Å²) in [6.45, 7) is 1.77. The molecule has 130 valence electrons. The van der Waals surface area contributed by atoms with Crippen LogP contribution in [-0.4, -0.2) is 23.8 Å². The Bertz CT molecular complexity index is 820. The van der Waals surface area contributed by atoms with E-state index in [0.29, 0.717) is 28.8 Å². The van der Waals surface area contributed by atoms with Crippen molar-refractivity contribution in [2.75, 3.05) is 7.11 Å². The molecule has 0 bridgehead atoms. The molecule has 1 aliphatic carbocycles. The molecule has 0 amide bonds. The van der Waals surface area contributed by atoms with Gasteiger partial charge < -0.3 is 10.1 Å². The van der Waals surface area contributed by atoms with Gasteiger partial charge >= 0.3 is 5.97 Å². The van der Waals surface area contributed by atoms with Gasteiger partial charge in [0, 0.05) is 41.4 Å². The molecule has 0 fully saturated rings. The van der Waals surface area contributed by atoms with Crippen LogP contribution in [0, 0.1) is 10.1 Å². The van der Waals surface area contributed by atoms with Gasteiger partial charge in [-0.05, 0) is 25.3 Å². The molecule has 25 heavy (non-hydrogen) atoms. The van der Waals surface area contributed by atoms with Crippen molar-refractivity contribution in [2.45, 2.75) is 32.1 Å². The van der Waals surface area contributed by atoms with Gasteiger partial charge in [-0.15, -0.1) is 0 Å². The number of carbonyl (C=O) groups excluding carboxylic acids is 2. The average molecular weight is 342 g/mol. The lowest BCUT2D eigenvalue weighted by Gasteiger charge is -2.34. The maximum atomic E-state index is 12.6. The molecule has 1 N–H and O–H groups in total. The zero-order valence-corrected chi connectivity index (χ0v) is 14.0. The van der Waals surface area contributed by atoms with E-state index < -0.39 is 16.8 Å². The zero-order valence-electron chi connectivity index (χ0n) is 14.0. The third kappa shape index (κ3) is 2.93. The van der Waals surface area contributed by atoms with E-state index in [9.17, 15) is 19.7 Å². The third-order valence-corrected chi connectivity index (χ3v) is 4.62. The van der Waals surface area contributed by atoms with Gasteiger partial charge in [0.15, 0.2) is 5.78 Å². The Morgan fingerprint density at radius 1 is 1.28 bits per heavy atom. The van der Waals surface area contributed by atoms with Gasteiger partial charge in [-0.1, -0.05) is 12.1 Å². The van der Waals surface area contributed by atoms with Crippen LogP contribution in [-0.2, 0) is 14.3 Å². The second kappa shape index (κ2) is 6.51. The summed E-state index contributed by atoms with van der Waals surface area (Å²) in [5, 5.41) is 14.1. The number of non-ortho nitro benzene ring substituents is 1. The lowest BCUT2D eigenvalue weighted by atomic mass is 9.75. The summed E-state index contributed by atoms with van der Waals surface area (Å²) >= 11 is 0. The zero-order chi connectivity index (χ0) is 18.1. The van der Waals surface area contributed by atoms with Gasteiger partial charge in [0.1, 0.15) is 0 Å². The first-order valence-electron chi connectivity index (χ1n) is 8.00. The van der Waals surface area contributed by atoms with Crippen LogP contribution in [0.3, 0.4) is 0 Å². The van der Waals surface area contributed by atoms with Crippen molar-refractivity contribution in [1.82, 2.24) is 5.32 Å². The Labute approximate surface area is 144 Å². The van der Waals surface area contributed by atoms with E-state index in [-0.39, 0.29) is 11.5 Å². The topological polar surface area (TPSA) is 98.5 Å². The molecular weight excluding hydrogens is 324 g/mol. The minimum absolute atomic E-state index is 0.00833. The van der Waals surface area contributed by atoms with Gasteiger partial charge in [-0.2, -0.15) is 0 Å². The van der Waals surface area contributed by atoms with Crippen molar-refractivity contribution in [2.24, 2.45) is 0 Å². The molecule has 2 aliphatic rings. The first-order chi connectivity index (χ1) is 11.9. The highest BCUT2D eigenvalue weighted by Gasteiger charge is 2.38. The van der Waals surface area contributed by atoms with Crippen LogP contribution >= 0.6 is 0 Å². The Balaban J connectivity index is 2.15. The van der Waals surface area contributed by atoms with Crippen LogP contribution in [0.5, 0.6) is 0 Å². The number of dihydropyridines is 1. The first-order valence-corrected chi connectivity index (χ1v) is 8.00. The minimum Gasteiger partial charge on any atom is -0.466 e. The number of methoxy groups -OCH3 is 1. The summed E-state index contributed by atoms with van der Waals surface area (Å²) in [7, 11) is 1.29. The van der Waals surface area contributed by atoms with E-state index in [4.69, 9.17) is 4.74 Å². The number of nitrogens with one attached hydrogen (secondary N) is 1. The van der Waals surface area contributed by atoms with E-state index in [2.05, 4.69) is 5.32 Å². The van der Waals surface area contributed by atoms with Gasteiger partial charge in [0.2, 0.25) is 0 Å². The third-order valence-electron chi connectivity index (χ3n) is 4.62. The van der Waals surface area contributed by atoms with E-state index in [1.165, 1.54) is 19.2 Å². The fraction of sp³-hybridized carbons (Fsp3) is 0.333. The molecule has 0 aromatic heterocycles. The summed E-state index contributed by atoms with van der Waals surface area (Å²) in [6, 6.07) is 5.96. The molecule has 0 radical (unpaired) electrons. The predicted octanol–water partition coefficient (Wildman–Crippen LogP) is 2.74. The van der Waals surface area contributed by atoms with Crippen molar-refractivity contribution in [3.63, 3.8) is 0 Å². The van der Waals surface area contributed by atoms with Crippen LogP contribution in [0.15, 0.2) is 46.8 Å². The molecule has 1 heterocycles. The van der Waals surface area contributed by atoms with Crippen LogP contribution in [0.2, 0.25) is 0 Å². The Hall–Kier alpha value is -2.96. The smallest absolute Gasteiger partial charge is 0.336 e. The molecule has 3 rings (SSSR count). The Morgan fingerprint density at radius 2 is 1.96 bits per heavy atom. The number of allylic oxidation sites excluding steroid dienone is 3. The molecule has 0 saturated heterocycles. The lowest BCUT2D eigenvalue weighted by molar-refractivity contribution is -0.384. The van der Waals surface area contributed by atoms with Crippen molar-refractivity contribution < 1.29 is 19.2 Å². The molecule has 7 nitrogen and oxygen atoms in total.